The normalized spacial score (nSPS) is 13.3. The summed E-state index contributed by atoms with van der Waals surface area (Å²) < 4.78 is 19.3. The van der Waals surface area contributed by atoms with Crippen LogP contribution >= 0.6 is 11.8 Å². The molecule has 0 atom stereocenters. The molecule has 8 nitrogen and oxygen atoms in total. The minimum Gasteiger partial charge on any atom is -0.486 e. The summed E-state index contributed by atoms with van der Waals surface area (Å²) in [5.74, 6) is -0.483. The van der Waals surface area contributed by atoms with Crippen LogP contribution in [0.1, 0.15) is 16.1 Å². The Labute approximate surface area is 193 Å². The molecule has 2 N–H and O–H groups in total. The van der Waals surface area contributed by atoms with Gasteiger partial charge in [0.1, 0.15) is 29.2 Å². The predicted molar refractivity (Wildman–Crippen MR) is 123 cm³/mol. The first-order valence-corrected chi connectivity index (χ1v) is 11.1. The van der Waals surface area contributed by atoms with E-state index in [9.17, 15) is 14.0 Å². The van der Waals surface area contributed by atoms with E-state index in [4.69, 9.17) is 9.84 Å². The number of ether oxygens (including phenoxy) is 1. The number of amides is 1. The largest absolute Gasteiger partial charge is 0.486 e. The van der Waals surface area contributed by atoms with Gasteiger partial charge in [-0.1, -0.05) is 6.07 Å². The molecular weight excluding hydrogens is 447 g/mol. The second-order valence-electron chi connectivity index (χ2n) is 7.48. The Bertz CT molecular complexity index is 1150. The van der Waals surface area contributed by atoms with Crippen molar-refractivity contribution in [3.63, 3.8) is 0 Å². The lowest BCUT2D eigenvalue weighted by atomic mass is 10.1. The second kappa shape index (κ2) is 9.86. The fraction of sp³-hybridized carbons (Fsp3) is 0.217. The maximum Gasteiger partial charge on any atom is 0.313 e. The molecule has 10 heteroatoms. The lowest BCUT2D eigenvalue weighted by Crippen LogP contribution is -2.54. The van der Waals surface area contributed by atoms with Gasteiger partial charge >= 0.3 is 5.97 Å². The molecule has 1 aliphatic heterocycles. The molecule has 1 amide bonds. The minimum absolute atomic E-state index is 0.0258. The molecule has 1 aromatic heterocycles. The lowest BCUT2D eigenvalue weighted by Gasteiger charge is -2.39. The molecule has 1 aliphatic rings. The zero-order valence-corrected chi connectivity index (χ0v) is 18.5. The topological polar surface area (TPSA) is 105 Å². The van der Waals surface area contributed by atoms with Crippen molar-refractivity contribution in [1.29, 1.82) is 0 Å². The van der Waals surface area contributed by atoms with Crippen molar-refractivity contribution in [2.24, 2.45) is 0 Å². The number of carbonyl (C=O) groups excluding carboxylic acids is 1. The van der Waals surface area contributed by atoms with Crippen LogP contribution in [0.2, 0.25) is 0 Å². The third kappa shape index (κ3) is 5.78. The summed E-state index contributed by atoms with van der Waals surface area (Å²) in [5.41, 5.74) is 1.62. The highest BCUT2D eigenvalue weighted by atomic mass is 32.2. The van der Waals surface area contributed by atoms with Gasteiger partial charge in [0.25, 0.3) is 5.91 Å². The van der Waals surface area contributed by atoms with E-state index in [-0.39, 0.29) is 23.4 Å². The summed E-state index contributed by atoms with van der Waals surface area (Å²) in [7, 11) is 0. The first-order chi connectivity index (χ1) is 15.9. The molecule has 4 rings (SSSR count). The summed E-state index contributed by atoms with van der Waals surface area (Å²) in [6, 6.07) is 11.3. The average Bonchev–Trinajstić information content (AvgIpc) is 2.78. The molecule has 3 aromatic rings. The molecule has 0 spiro atoms. The number of aromatic nitrogens is 2. The molecule has 0 radical (unpaired) electrons. The van der Waals surface area contributed by atoms with Crippen molar-refractivity contribution in [3.05, 3.63) is 71.9 Å². The number of halogens is 1. The fourth-order valence-corrected chi connectivity index (χ4v) is 3.78. The Morgan fingerprint density at radius 1 is 1.18 bits per heavy atom. The van der Waals surface area contributed by atoms with Gasteiger partial charge in [0.05, 0.1) is 31.2 Å². The van der Waals surface area contributed by atoms with Gasteiger partial charge in [0.15, 0.2) is 0 Å². The molecule has 1 fully saturated rings. The van der Waals surface area contributed by atoms with Crippen LogP contribution < -0.4 is 15.0 Å². The highest BCUT2D eigenvalue weighted by Gasteiger charge is 2.30. The number of anilines is 2. The van der Waals surface area contributed by atoms with Gasteiger partial charge in [-0.25, -0.2) is 14.4 Å². The van der Waals surface area contributed by atoms with Crippen molar-refractivity contribution in [2.45, 2.75) is 17.9 Å². The first kappa shape index (κ1) is 22.5. The number of nitrogens with zero attached hydrogens (tertiary/aromatic N) is 3. The third-order valence-corrected chi connectivity index (χ3v) is 5.96. The zero-order chi connectivity index (χ0) is 23.4. The van der Waals surface area contributed by atoms with Crippen LogP contribution in [0.25, 0.3) is 0 Å². The van der Waals surface area contributed by atoms with Crippen LogP contribution in [0.3, 0.4) is 0 Å². The molecule has 0 bridgehead atoms. The SMILES string of the molecule is Cc1ccc(F)cc1OC1CN(c2cnc(C(=O)Nc3ccc(SCC(=O)O)cc3)cn2)C1. The van der Waals surface area contributed by atoms with E-state index < -0.39 is 11.9 Å². The number of aliphatic carboxylic acids is 1. The number of carboxylic acid groups (broad SMARTS) is 1. The molecule has 33 heavy (non-hydrogen) atoms. The van der Waals surface area contributed by atoms with Crippen LogP contribution in [-0.2, 0) is 4.79 Å². The molecule has 1 saturated heterocycles. The maximum absolute atomic E-state index is 13.4. The summed E-state index contributed by atoms with van der Waals surface area (Å²) in [6.07, 6.45) is 2.86. The highest BCUT2D eigenvalue weighted by molar-refractivity contribution is 8.00. The standard InChI is InChI=1S/C23H21FN4O4S/c1-14-2-3-15(24)8-20(14)32-17-11-28(12-17)21-10-25-19(9-26-21)23(31)27-16-4-6-18(7-5-16)33-13-22(29)30/h2-10,17H,11-13H2,1H3,(H,27,31)(H,29,30). The van der Waals surface area contributed by atoms with Gasteiger partial charge in [-0.2, -0.15) is 0 Å². The summed E-state index contributed by atoms with van der Waals surface area (Å²) in [4.78, 5) is 34.3. The van der Waals surface area contributed by atoms with Crippen molar-refractivity contribution in [3.8, 4) is 5.75 Å². The molecule has 170 valence electrons. The van der Waals surface area contributed by atoms with Crippen molar-refractivity contribution >= 4 is 35.1 Å². The van der Waals surface area contributed by atoms with Crippen molar-refractivity contribution < 1.29 is 23.8 Å². The number of hydrogen-bond acceptors (Lipinski definition) is 7. The number of hydrogen-bond donors (Lipinski definition) is 2. The number of rotatable bonds is 8. The second-order valence-corrected chi connectivity index (χ2v) is 8.52. The Kier molecular flexibility index (Phi) is 6.74. The monoisotopic (exact) mass is 468 g/mol. The number of carboxylic acids is 1. The van der Waals surface area contributed by atoms with E-state index in [0.717, 1.165) is 10.5 Å². The Hall–Kier alpha value is -3.66. The van der Waals surface area contributed by atoms with Crippen molar-refractivity contribution in [1.82, 2.24) is 9.97 Å². The molecule has 0 aliphatic carbocycles. The van der Waals surface area contributed by atoms with E-state index in [2.05, 4.69) is 15.3 Å². The first-order valence-electron chi connectivity index (χ1n) is 10.1. The Morgan fingerprint density at radius 3 is 2.61 bits per heavy atom. The summed E-state index contributed by atoms with van der Waals surface area (Å²) >= 11 is 1.20. The summed E-state index contributed by atoms with van der Waals surface area (Å²) in [6.45, 7) is 3.04. The van der Waals surface area contributed by atoms with Crippen LogP contribution in [0.5, 0.6) is 5.75 Å². The Morgan fingerprint density at radius 2 is 1.94 bits per heavy atom. The number of nitrogens with one attached hydrogen (secondary N) is 1. The van der Waals surface area contributed by atoms with E-state index in [0.29, 0.717) is 30.3 Å². The van der Waals surface area contributed by atoms with Gasteiger partial charge < -0.3 is 20.1 Å². The van der Waals surface area contributed by atoms with Crippen molar-refractivity contribution in [2.75, 3.05) is 29.1 Å². The maximum atomic E-state index is 13.4. The predicted octanol–water partition coefficient (Wildman–Crippen LogP) is 3.62. The van der Waals surface area contributed by atoms with Gasteiger partial charge in [0, 0.05) is 16.6 Å². The van der Waals surface area contributed by atoms with Gasteiger partial charge in [0.2, 0.25) is 0 Å². The quantitative estimate of drug-likeness (QED) is 0.483. The smallest absolute Gasteiger partial charge is 0.313 e. The zero-order valence-electron chi connectivity index (χ0n) is 17.7. The van der Waals surface area contributed by atoms with E-state index in [1.54, 1.807) is 30.3 Å². The highest BCUT2D eigenvalue weighted by Crippen LogP contribution is 2.25. The molecule has 0 saturated carbocycles. The van der Waals surface area contributed by atoms with Crippen LogP contribution in [0, 0.1) is 12.7 Å². The van der Waals surface area contributed by atoms with Crippen LogP contribution in [0.15, 0.2) is 59.8 Å². The van der Waals surface area contributed by atoms with Crippen LogP contribution in [0.4, 0.5) is 15.9 Å². The summed E-state index contributed by atoms with van der Waals surface area (Å²) in [5, 5.41) is 11.5. The molecule has 2 heterocycles. The average molecular weight is 469 g/mol. The third-order valence-electron chi connectivity index (χ3n) is 4.96. The van der Waals surface area contributed by atoms with Gasteiger partial charge in [-0.3, -0.25) is 9.59 Å². The van der Waals surface area contributed by atoms with Gasteiger partial charge in [-0.15, -0.1) is 11.8 Å². The van der Waals surface area contributed by atoms with E-state index in [1.807, 2.05) is 11.8 Å². The molecular formula is C23H21FN4O4S. The van der Waals surface area contributed by atoms with Gasteiger partial charge in [-0.05, 0) is 42.8 Å². The van der Waals surface area contributed by atoms with E-state index in [1.165, 1.54) is 36.3 Å². The van der Waals surface area contributed by atoms with Crippen LogP contribution in [-0.4, -0.2) is 51.9 Å². The number of benzene rings is 2. The minimum atomic E-state index is -0.887. The molecule has 0 unspecified atom stereocenters. The Balaban J connectivity index is 1.28. The number of carbonyl (C=O) groups is 2. The molecule has 2 aromatic carbocycles. The number of aryl methyl sites for hydroxylation is 1. The van der Waals surface area contributed by atoms with E-state index >= 15 is 0 Å². The lowest BCUT2D eigenvalue weighted by molar-refractivity contribution is -0.133. The fourth-order valence-electron chi connectivity index (χ4n) is 3.16. The number of thioether (sulfide) groups is 1.